The molecule has 2 unspecified atom stereocenters. The second-order valence-electron chi connectivity index (χ2n) is 5.12. The van der Waals surface area contributed by atoms with Crippen LogP contribution in [0.15, 0.2) is 24.3 Å². The standard InChI is InChI=1S/C15H19ClO2/c1-11-9-12(11)5-2-3-8-18-15(17)13-6-4-7-14(16)10-13/h4,6-7,10-12H,2-3,5,8-9H2,1H3. The summed E-state index contributed by atoms with van der Waals surface area (Å²) in [6, 6.07) is 6.86. The van der Waals surface area contributed by atoms with Gasteiger partial charge < -0.3 is 4.74 Å². The summed E-state index contributed by atoms with van der Waals surface area (Å²) in [5.74, 6) is 1.56. The number of halogens is 1. The van der Waals surface area contributed by atoms with Crippen molar-refractivity contribution in [3.05, 3.63) is 34.9 Å². The van der Waals surface area contributed by atoms with Gasteiger partial charge in [0.1, 0.15) is 0 Å². The molecule has 0 amide bonds. The molecule has 2 atom stereocenters. The van der Waals surface area contributed by atoms with E-state index in [9.17, 15) is 4.79 Å². The second kappa shape index (κ2) is 6.24. The number of hydrogen-bond acceptors (Lipinski definition) is 2. The fourth-order valence-corrected chi connectivity index (χ4v) is 2.36. The highest BCUT2D eigenvalue weighted by Crippen LogP contribution is 2.41. The first-order valence-electron chi connectivity index (χ1n) is 6.59. The van der Waals surface area contributed by atoms with Crippen molar-refractivity contribution in [2.24, 2.45) is 11.8 Å². The summed E-state index contributed by atoms with van der Waals surface area (Å²) in [6.07, 6.45) is 4.76. The van der Waals surface area contributed by atoms with E-state index in [1.165, 1.54) is 12.8 Å². The lowest BCUT2D eigenvalue weighted by Crippen LogP contribution is -2.06. The lowest BCUT2D eigenvalue weighted by atomic mass is 10.1. The molecule has 0 N–H and O–H groups in total. The molecule has 2 nitrogen and oxygen atoms in total. The van der Waals surface area contributed by atoms with E-state index in [1.807, 2.05) is 0 Å². The Hall–Kier alpha value is -1.02. The Morgan fingerprint density at radius 2 is 2.22 bits per heavy atom. The molecule has 2 rings (SSSR count). The molecule has 0 saturated heterocycles. The minimum absolute atomic E-state index is 0.280. The Balaban J connectivity index is 1.62. The molecule has 3 heteroatoms. The van der Waals surface area contributed by atoms with Crippen LogP contribution in [0.4, 0.5) is 0 Å². The predicted molar refractivity (Wildman–Crippen MR) is 72.9 cm³/mol. The van der Waals surface area contributed by atoms with Gasteiger partial charge in [-0.2, -0.15) is 0 Å². The van der Waals surface area contributed by atoms with E-state index in [-0.39, 0.29) is 5.97 Å². The Bertz CT molecular complexity index is 417. The molecule has 0 bridgehead atoms. The van der Waals surface area contributed by atoms with Gasteiger partial charge in [0, 0.05) is 5.02 Å². The summed E-state index contributed by atoms with van der Waals surface area (Å²) in [4.78, 5) is 11.7. The zero-order chi connectivity index (χ0) is 13.0. The van der Waals surface area contributed by atoms with Gasteiger partial charge in [0.25, 0.3) is 0 Å². The summed E-state index contributed by atoms with van der Waals surface area (Å²) in [5, 5.41) is 0.562. The molecule has 0 spiro atoms. The van der Waals surface area contributed by atoms with Crippen molar-refractivity contribution in [1.29, 1.82) is 0 Å². The van der Waals surface area contributed by atoms with Gasteiger partial charge in [0.15, 0.2) is 0 Å². The summed E-state index contributed by atoms with van der Waals surface area (Å²) in [7, 11) is 0. The molecule has 98 valence electrons. The highest BCUT2D eigenvalue weighted by Gasteiger charge is 2.31. The average Bonchev–Trinajstić information content (AvgIpc) is 3.04. The fourth-order valence-electron chi connectivity index (χ4n) is 2.17. The average molecular weight is 267 g/mol. The molecule has 1 aromatic rings. The monoisotopic (exact) mass is 266 g/mol. The number of rotatable bonds is 6. The molecule has 1 fully saturated rings. The highest BCUT2D eigenvalue weighted by atomic mass is 35.5. The van der Waals surface area contributed by atoms with Crippen LogP contribution in [0.25, 0.3) is 0 Å². The summed E-state index contributed by atoms with van der Waals surface area (Å²) in [6.45, 7) is 2.80. The van der Waals surface area contributed by atoms with E-state index in [2.05, 4.69) is 6.92 Å². The summed E-state index contributed by atoms with van der Waals surface area (Å²) < 4.78 is 5.21. The van der Waals surface area contributed by atoms with E-state index in [0.717, 1.165) is 24.7 Å². The van der Waals surface area contributed by atoms with Crippen molar-refractivity contribution in [3.8, 4) is 0 Å². The molecule has 1 saturated carbocycles. The van der Waals surface area contributed by atoms with E-state index < -0.39 is 0 Å². The third-order valence-corrected chi connectivity index (χ3v) is 3.77. The van der Waals surface area contributed by atoms with Crippen LogP contribution in [0, 0.1) is 11.8 Å². The van der Waals surface area contributed by atoms with Crippen LogP contribution in [0.5, 0.6) is 0 Å². The zero-order valence-electron chi connectivity index (χ0n) is 10.7. The molecule has 0 aromatic heterocycles. The number of carbonyl (C=O) groups excluding carboxylic acids is 1. The smallest absolute Gasteiger partial charge is 0.338 e. The van der Waals surface area contributed by atoms with E-state index >= 15 is 0 Å². The molecule has 0 heterocycles. The third-order valence-electron chi connectivity index (χ3n) is 3.54. The number of unbranched alkanes of at least 4 members (excludes halogenated alkanes) is 1. The molecule has 1 aliphatic rings. The van der Waals surface area contributed by atoms with Crippen molar-refractivity contribution in [2.75, 3.05) is 6.61 Å². The van der Waals surface area contributed by atoms with Crippen molar-refractivity contribution >= 4 is 17.6 Å². The Morgan fingerprint density at radius 3 is 2.89 bits per heavy atom. The van der Waals surface area contributed by atoms with Gasteiger partial charge in [-0.05, 0) is 49.3 Å². The van der Waals surface area contributed by atoms with Gasteiger partial charge in [-0.3, -0.25) is 0 Å². The van der Waals surface area contributed by atoms with Crippen molar-refractivity contribution in [1.82, 2.24) is 0 Å². The van der Waals surface area contributed by atoms with Gasteiger partial charge in [0.05, 0.1) is 12.2 Å². The Labute approximate surface area is 113 Å². The maximum Gasteiger partial charge on any atom is 0.338 e. The Kier molecular flexibility index (Phi) is 4.65. The van der Waals surface area contributed by atoms with Gasteiger partial charge in [-0.1, -0.05) is 31.0 Å². The minimum atomic E-state index is -0.280. The fraction of sp³-hybridized carbons (Fsp3) is 0.533. The SMILES string of the molecule is CC1CC1CCCCOC(=O)c1cccc(Cl)c1. The minimum Gasteiger partial charge on any atom is -0.462 e. The maximum atomic E-state index is 11.7. The highest BCUT2D eigenvalue weighted by molar-refractivity contribution is 6.30. The lowest BCUT2D eigenvalue weighted by Gasteiger charge is -2.05. The zero-order valence-corrected chi connectivity index (χ0v) is 11.5. The predicted octanol–water partition coefficient (Wildman–Crippen LogP) is 4.32. The summed E-state index contributed by atoms with van der Waals surface area (Å²) >= 11 is 5.82. The first-order chi connectivity index (χ1) is 8.66. The van der Waals surface area contributed by atoms with E-state index in [1.54, 1.807) is 24.3 Å². The van der Waals surface area contributed by atoms with Gasteiger partial charge >= 0.3 is 5.97 Å². The second-order valence-corrected chi connectivity index (χ2v) is 5.55. The van der Waals surface area contributed by atoms with Gasteiger partial charge in [0.2, 0.25) is 0 Å². The Morgan fingerprint density at radius 1 is 1.44 bits per heavy atom. The number of ether oxygens (including phenoxy) is 1. The number of esters is 1. The molecule has 1 aliphatic carbocycles. The molecular formula is C15H19ClO2. The first-order valence-corrected chi connectivity index (χ1v) is 6.97. The van der Waals surface area contributed by atoms with E-state index in [4.69, 9.17) is 16.3 Å². The van der Waals surface area contributed by atoms with Crippen LogP contribution in [-0.2, 0) is 4.74 Å². The van der Waals surface area contributed by atoms with Crippen LogP contribution in [0.1, 0.15) is 43.0 Å². The quantitative estimate of drug-likeness (QED) is 0.566. The molecular weight excluding hydrogens is 248 g/mol. The van der Waals surface area contributed by atoms with Crippen molar-refractivity contribution in [2.45, 2.75) is 32.6 Å². The van der Waals surface area contributed by atoms with Gasteiger partial charge in [-0.15, -0.1) is 0 Å². The molecule has 18 heavy (non-hydrogen) atoms. The van der Waals surface area contributed by atoms with Crippen LogP contribution in [0.2, 0.25) is 5.02 Å². The van der Waals surface area contributed by atoms with Gasteiger partial charge in [-0.25, -0.2) is 4.79 Å². The summed E-state index contributed by atoms with van der Waals surface area (Å²) in [5.41, 5.74) is 0.526. The topological polar surface area (TPSA) is 26.3 Å². The molecule has 0 aliphatic heterocycles. The lowest BCUT2D eigenvalue weighted by molar-refractivity contribution is 0.0497. The molecule has 0 radical (unpaired) electrons. The van der Waals surface area contributed by atoms with Crippen LogP contribution < -0.4 is 0 Å². The molecule has 1 aromatic carbocycles. The third kappa shape index (κ3) is 4.02. The van der Waals surface area contributed by atoms with Crippen molar-refractivity contribution < 1.29 is 9.53 Å². The number of carbonyl (C=O) groups is 1. The van der Waals surface area contributed by atoms with Crippen molar-refractivity contribution in [3.63, 3.8) is 0 Å². The maximum absolute atomic E-state index is 11.7. The normalized spacial score (nSPS) is 21.7. The number of benzene rings is 1. The van der Waals surface area contributed by atoms with Crippen LogP contribution in [0.3, 0.4) is 0 Å². The number of hydrogen-bond donors (Lipinski definition) is 0. The largest absolute Gasteiger partial charge is 0.462 e. The van der Waals surface area contributed by atoms with E-state index in [0.29, 0.717) is 17.2 Å². The first kappa shape index (κ1) is 13.4. The van der Waals surface area contributed by atoms with Crippen LogP contribution >= 0.6 is 11.6 Å². The van der Waals surface area contributed by atoms with Crippen LogP contribution in [-0.4, -0.2) is 12.6 Å².